The van der Waals surface area contributed by atoms with Crippen LogP contribution in [0.5, 0.6) is 5.75 Å². The number of nitrogens with zero attached hydrogens (tertiary/aromatic N) is 2. The number of halogens is 3. The van der Waals surface area contributed by atoms with Crippen LogP contribution in [0.4, 0.5) is 36.3 Å². The summed E-state index contributed by atoms with van der Waals surface area (Å²) < 4.78 is 72.1. The number of hydrogen-bond donors (Lipinski definition) is 4. The molecule has 1 aliphatic rings. The number of aromatic amines is 1. The highest BCUT2D eigenvalue weighted by Crippen LogP contribution is 2.52. The van der Waals surface area contributed by atoms with Crippen molar-refractivity contribution in [2.24, 2.45) is 0 Å². The van der Waals surface area contributed by atoms with Gasteiger partial charge in [-0.15, -0.1) is 0 Å². The second-order valence-electron chi connectivity index (χ2n) is 11.6. The first-order valence-electron chi connectivity index (χ1n) is 15.9. The number of aryl methyl sites for hydroxylation is 1. The van der Waals surface area contributed by atoms with Crippen LogP contribution in [0.25, 0.3) is 10.9 Å². The van der Waals surface area contributed by atoms with Crippen molar-refractivity contribution in [1.82, 2.24) is 15.0 Å². The standard InChI is InChI=1S/C34H37F3N5O7P/c1-5-48-50(46,49-6-2)18-20-7-13-25(27(15-20)47-4)41-33-39-17-24(34(35,36)37)31(42-33)40-26-14-12-23(21-8-10-22(11-9-21)32(44)45)29-28(26)30(43)19(3)16-38-29/h7,10,12-17,21H,5-6,8-9,11,18H2,1-4H3,(H,38,43)(H,44,45)(H2,39,40,41,42). The number of pyridine rings is 1. The number of allylic oxidation sites excluding steroid dienone is 1. The van der Waals surface area contributed by atoms with Gasteiger partial charge >= 0.3 is 19.7 Å². The number of fused-ring (bicyclic) bond motifs is 1. The monoisotopic (exact) mass is 715 g/mol. The van der Waals surface area contributed by atoms with E-state index in [9.17, 15) is 32.4 Å². The van der Waals surface area contributed by atoms with Crippen LogP contribution in [0, 0.1) is 6.92 Å². The van der Waals surface area contributed by atoms with Crippen LogP contribution in [0.2, 0.25) is 0 Å². The lowest BCUT2D eigenvalue weighted by Gasteiger charge is -2.23. The Bertz CT molecular complexity index is 2040. The summed E-state index contributed by atoms with van der Waals surface area (Å²) in [6.07, 6.45) is 0.273. The molecular weight excluding hydrogens is 678 g/mol. The molecule has 2 aromatic carbocycles. The van der Waals surface area contributed by atoms with E-state index >= 15 is 0 Å². The number of carboxylic acids is 1. The number of benzene rings is 2. The molecule has 0 saturated heterocycles. The Hall–Kier alpha value is -4.72. The maximum atomic E-state index is 14.3. The molecule has 5 rings (SSSR count). The third-order valence-corrected chi connectivity index (χ3v) is 10.3. The molecule has 266 valence electrons. The summed E-state index contributed by atoms with van der Waals surface area (Å²) in [6.45, 7) is 5.39. The number of alkyl halides is 3. The summed E-state index contributed by atoms with van der Waals surface area (Å²) in [5.41, 5.74) is 1.31. The molecule has 1 aliphatic carbocycles. The fourth-order valence-electron chi connectivity index (χ4n) is 5.88. The zero-order chi connectivity index (χ0) is 36.2. The van der Waals surface area contributed by atoms with E-state index in [4.69, 9.17) is 13.8 Å². The van der Waals surface area contributed by atoms with Crippen molar-refractivity contribution in [3.8, 4) is 5.75 Å². The Balaban J connectivity index is 1.51. The number of H-pyrrole nitrogens is 1. The summed E-state index contributed by atoms with van der Waals surface area (Å²) in [5.74, 6) is -1.60. The van der Waals surface area contributed by atoms with Gasteiger partial charge < -0.3 is 34.5 Å². The number of anilines is 4. The van der Waals surface area contributed by atoms with Gasteiger partial charge in [0.2, 0.25) is 5.95 Å². The first-order valence-corrected chi connectivity index (χ1v) is 17.6. The number of carbonyl (C=O) groups is 1. The predicted octanol–water partition coefficient (Wildman–Crippen LogP) is 8.19. The second-order valence-corrected chi connectivity index (χ2v) is 13.7. The average Bonchev–Trinajstić information content (AvgIpc) is 3.07. The molecule has 0 amide bonds. The third-order valence-electron chi connectivity index (χ3n) is 8.27. The number of aromatic nitrogens is 3. The van der Waals surface area contributed by atoms with E-state index in [0.717, 1.165) is 5.56 Å². The van der Waals surface area contributed by atoms with Crippen LogP contribution in [-0.4, -0.2) is 46.4 Å². The number of carboxylic acid groups (broad SMARTS) is 1. The maximum Gasteiger partial charge on any atom is 0.421 e. The van der Waals surface area contributed by atoms with E-state index in [2.05, 4.69) is 25.6 Å². The first-order chi connectivity index (χ1) is 23.8. The Morgan fingerprint density at radius 1 is 1.12 bits per heavy atom. The molecule has 0 aliphatic heterocycles. The van der Waals surface area contributed by atoms with Crippen molar-refractivity contribution in [1.29, 1.82) is 0 Å². The lowest BCUT2D eigenvalue weighted by atomic mass is 9.83. The van der Waals surface area contributed by atoms with Crippen molar-refractivity contribution in [2.45, 2.75) is 58.3 Å². The molecule has 1 unspecified atom stereocenters. The lowest BCUT2D eigenvalue weighted by molar-refractivity contribution is -0.137. The minimum absolute atomic E-state index is 0.0255. The van der Waals surface area contributed by atoms with Crippen molar-refractivity contribution < 1.29 is 41.4 Å². The summed E-state index contributed by atoms with van der Waals surface area (Å²) in [7, 11) is -2.02. The second kappa shape index (κ2) is 15.0. The Morgan fingerprint density at radius 2 is 1.84 bits per heavy atom. The molecule has 1 atom stereocenters. The maximum absolute atomic E-state index is 14.3. The van der Waals surface area contributed by atoms with E-state index in [1.165, 1.54) is 19.4 Å². The number of rotatable bonds is 13. The van der Waals surface area contributed by atoms with Gasteiger partial charge in [-0.25, -0.2) is 9.78 Å². The third kappa shape index (κ3) is 8.01. The van der Waals surface area contributed by atoms with Crippen molar-refractivity contribution in [3.63, 3.8) is 0 Å². The SMILES string of the molecule is CCOP(=O)(Cc1ccc(Nc2ncc(C(F)(F)F)c(Nc3ccc(C4CC=C(C(=O)O)CC4)c4[nH]cc(C)c(=O)c34)n2)c(OC)c1)OCC. The molecule has 4 aromatic rings. The van der Waals surface area contributed by atoms with E-state index in [1.807, 2.05) is 0 Å². The van der Waals surface area contributed by atoms with Gasteiger partial charge in [-0.2, -0.15) is 18.2 Å². The molecule has 0 fully saturated rings. The molecule has 12 nitrogen and oxygen atoms in total. The van der Waals surface area contributed by atoms with Gasteiger partial charge in [-0.05, 0) is 75.3 Å². The molecule has 0 radical (unpaired) electrons. The Kier molecular flexibility index (Phi) is 11.0. The zero-order valence-corrected chi connectivity index (χ0v) is 28.7. The lowest BCUT2D eigenvalue weighted by Crippen LogP contribution is -2.16. The van der Waals surface area contributed by atoms with Gasteiger partial charge in [0.1, 0.15) is 17.1 Å². The van der Waals surface area contributed by atoms with E-state index < -0.39 is 31.1 Å². The highest BCUT2D eigenvalue weighted by atomic mass is 31.2. The first kappa shape index (κ1) is 36.6. The zero-order valence-electron chi connectivity index (χ0n) is 27.8. The highest BCUT2D eigenvalue weighted by molar-refractivity contribution is 7.53. The van der Waals surface area contributed by atoms with Crippen molar-refractivity contribution >= 4 is 47.6 Å². The largest absolute Gasteiger partial charge is 0.495 e. The molecule has 4 N–H and O–H groups in total. The molecule has 0 saturated carbocycles. The summed E-state index contributed by atoms with van der Waals surface area (Å²) in [4.78, 5) is 36.1. The Labute approximate surface area is 285 Å². The smallest absolute Gasteiger partial charge is 0.421 e. The number of hydrogen-bond acceptors (Lipinski definition) is 10. The summed E-state index contributed by atoms with van der Waals surface area (Å²) in [5, 5.41) is 15.1. The number of ether oxygens (including phenoxy) is 1. The van der Waals surface area contributed by atoms with Gasteiger partial charge in [0.05, 0.1) is 48.8 Å². The number of aliphatic carboxylic acids is 1. The van der Waals surface area contributed by atoms with Crippen LogP contribution >= 0.6 is 7.60 Å². The predicted molar refractivity (Wildman–Crippen MR) is 183 cm³/mol. The van der Waals surface area contributed by atoms with Gasteiger partial charge in [-0.1, -0.05) is 18.2 Å². The van der Waals surface area contributed by atoms with Gasteiger partial charge in [0.15, 0.2) is 5.43 Å². The van der Waals surface area contributed by atoms with Crippen LogP contribution in [0.3, 0.4) is 0 Å². The van der Waals surface area contributed by atoms with Gasteiger partial charge in [-0.3, -0.25) is 9.36 Å². The normalized spacial score (nSPS) is 15.1. The summed E-state index contributed by atoms with van der Waals surface area (Å²) in [6, 6.07) is 8.08. The van der Waals surface area contributed by atoms with Crippen molar-refractivity contribution in [3.05, 3.63) is 86.9 Å². The summed E-state index contributed by atoms with van der Waals surface area (Å²) >= 11 is 0. The molecule has 2 aromatic heterocycles. The van der Waals surface area contributed by atoms with Gasteiger partial charge in [0.25, 0.3) is 0 Å². The van der Waals surface area contributed by atoms with Crippen LogP contribution in [0.1, 0.15) is 61.3 Å². The molecule has 50 heavy (non-hydrogen) atoms. The van der Waals surface area contributed by atoms with E-state index in [-0.39, 0.29) is 53.5 Å². The molecule has 0 spiro atoms. The highest BCUT2D eigenvalue weighted by Gasteiger charge is 2.36. The van der Waals surface area contributed by atoms with Crippen molar-refractivity contribution in [2.75, 3.05) is 31.0 Å². The average molecular weight is 716 g/mol. The van der Waals surface area contributed by atoms with E-state index in [0.29, 0.717) is 53.4 Å². The number of methoxy groups -OCH3 is 1. The molecule has 0 bridgehead atoms. The quantitative estimate of drug-likeness (QED) is 0.0987. The Morgan fingerprint density at radius 3 is 2.46 bits per heavy atom. The van der Waals surface area contributed by atoms with Crippen LogP contribution in [0.15, 0.2) is 59.2 Å². The van der Waals surface area contributed by atoms with Crippen LogP contribution < -0.4 is 20.8 Å². The fourth-order valence-corrected chi connectivity index (χ4v) is 7.57. The van der Waals surface area contributed by atoms with Gasteiger partial charge in [0, 0.05) is 23.5 Å². The molecule has 2 heterocycles. The molecule has 16 heteroatoms. The fraction of sp³-hybridized carbons (Fsp3) is 0.353. The topological polar surface area (TPSA) is 165 Å². The van der Waals surface area contributed by atoms with E-state index in [1.54, 1.807) is 51.1 Å². The minimum atomic E-state index is -4.84. The molecular formula is C34H37F3N5O7P. The van der Waals surface area contributed by atoms with Crippen LogP contribution in [-0.2, 0) is 30.7 Å². The number of nitrogens with one attached hydrogen (secondary N) is 3. The minimum Gasteiger partial charge on any atom is -0.495 e.